The molecule has 8 heteroatoms. The summed E-state index contributed by atoms with van der Waals surface area (Å²) in [5.41, 5.74) is 3.30. The van der Waals surface area contributed by atoms with Crippen molar-refractivity contribution in [2.75, 3.05) is 0 Å². The maximum Gasteiger partial charge on any atom is 0.487 e. The van der Waals surface area contributed by atoms with Gasteiger partial charge in [-0.15, -0.1) is 0 Å². The third kappa shape index (κ3) is 9.04. The molecule has 0 aromatic heterocycles. The summed E-state index contributed by atoms with van der Waals surface area (Å²) in [6.45, 7) is 28.3. The van der Waals surface area contributed by atoms with E-state index in [1.807, 2.05) is 12.0 Å². The van der Waals surface area contributed by atoms with E-state index in [4.69, 9.17) is 23.0 Å². The maximum absolute atomic E-state index is 7.25. The Morgan fingerprint density at radius 2 is 0.917 bits per heavy atom. The van der Waals surface area contributed by atoms with E-state index < -0.39 is 8.32 Å². The van der Waals surface area contributed by atoms with Crippen molar-refractivity contribution in [1.82, 2.24) is 0 Å². The van der Waals surface area contributed by atoms with Crippen LogP contribution in [0, 0.1) is 5.92 Å². The number of rotatable bonds is 14. The summed E-state index contributed by atoms with van der Waals surface area (Å²) in [6.07, 6.45) is 6.09. The van der Waals surface area contributed by atoms with E-state index >= 15 is 0 Å². The zero-order valence-corrected chi connectivity index (χ0v) is 33.2. The molecule has 2 aromatic carbocycles. The number of hydrogen-bond acceptors (Lipinski definition) is 5. The van der Waals surface area contributed by atoms with Crippen molar-refractivity contribution in [1.29, 1.82) is 0 Å². The molecule has 2 aliphatic heterocycles. The van der Waals surface area contributed by atoms with Gasteiger partial charge in [-0.3, -0.25) is 0 Å². The average molecular weight is 673 g/mol. The van der Waals surface area contributed by atoms with Gasteiger partial charge < -0.3 is 23.0 Å². The van der Waals surface area contributed by atoms with Gasteiger partial charge in [0, 0.05) is 0 Å². The maximum atomic E-state index is 7.25. The fourth-order valence-corrected chi connectivity index (χ4v) is 9.80. The summed E-state index contributed by atoms with van der Waals surface area (Å²) in [5.74, 6) is 4.35. The van der Waals surface area contributed by atoms with Gasteiger partial charge >= 0.3 is 14.2 Å². The van der Waals surface area contributed by atoms with E-state index in [0.717, 1.165) is 42.1 Å². The zero-order valence-electron chi connectivity index (χ0n) is 32.2. The van der Waals surface area contributed by atoms with Crippen LogP contribution in [0.2, 0.25) is 18.1 Å². The summed E-state index contributed by atoms with van der Waals surface area (Å²) in [5, 5.41) is 0. The Kier molecular flexibility index (Phi) is 11.9. The number of hydrogen-bond donors (Lipinski definition) is 0. The van der Waals surface area contributed by atoms with Crippen molar-refractivity contribution in [2.24, 2.45) is 5.92 Å². The first kappa shape index (κ1) is 38.9. The second-order valence-electron chi connectivity index (χ2n) is 16.5. The Bertz CT molecular complexity index is 1280. The van der Waals surface area contributed by atoms with Gasteiger partial charge in [0.2, 0.25) is 0 Å². The molecule has 0 N–H and O–H groups in total. The van der Waals surface area contributed by atoms with Crippen LogP contribution in [-0.2, 0) is 35.9 Å². The van der Waals surface area contributed by atoms with E-state index in [1.165, 1.54) is 11.1 Å². The molecule has 0 unspecified atom stereocenters. The van der Waals surface area contributed by atoms with Crippen molar-refractivity contribution in [3.63, 3.8) is 0 Å². The van der Waals surface area contributed by atoms with Gasteiger partial charge in [0.15, 0.2) is 8.32 Å². The molecular formula is C40H62B2O5Si. The summed E-state index contributed by atoms with van der Waals surface area (Å²) in [7, 11) is -2.51. The standard InChI is InChI=1S/C40H62B2O5Si/c1-14-48(15-2,16-3)47-36(4,5)35(29-33-21-17-31(18-22-33)25-27-41-43-37(6,7)38(8,9)44-41)30-34-23-19-32(20-24-34)26-28-42-45-39(10,11)40(12,13)46-42/h17-28,35H,14-16,29-30H2,1-13H3/b27-25+,28-26+. The normalized spacial score (nSPS) is 20.5. The van der Waals surface area contributed by atoms with Gasteiger partial charge in [0.1, 0.15) is 0 Å². The lowest BCUT2D eigenvalue weighted by atomic mass is 9.81. The van der Waals surface area contributed by atoms with Gasteiger partial charge in [0.05, 0.1) is 28.0 Å². The fraction of sp³-hybridized carbons (Fsp3) is 0.600. The highest BCUT2D eigenvalue weighted by Crippen LogP contribution is 2.39. The van der Waals surface area contributed by atoms with Crippen LogP contribution < -0.4 is 0 Å². The van der Waals surface area contributed by atoms with Crippen LogP contribution in [0.3, 0.4) is 0 Å². The van der Waals surface area contributed by atoms with E-state index in [-0.39, 0.29) is 42.2 Å². The Morgan fingerprint density at radius 1 is 0.604 bits per heavy atom. The van der Waals surface area contributed by atoms with E-state index in [2.05, 4.69) is 151 Å². The Labute approximate surface area is 294 Å². The monoisotopic (exact) mass is 672 g/mol. The largest absolute Gasteiger partial charge is 0.487 e. The molecule has 0 saturated carbocycles. The van der Waals surface area contributed by atoms with E-state index in [1.54, 1.807) is 0 Å². The third-order valence-corrected chi connectivity index (χ3v) is 16.6. The van der Waals surface area contributed by atoms with E-state index in [9.17, 15) is 0 Å². The van der Waals surface area contributed by atoms with E-state index in [0.29, 0.717) is 5.92 Å². The second kappa shape index (κ2) is 14.7. The lowest BCUT2D eigenvalue weighted by Crippen LogP contribution is -2.49. The van der Waals surface area contributed by atoms with Crippen molar-refractivity contribution in [3.05, 3.63) is 82.7 Å². The van der Waals surface area contributed by atoms with Crippen LogP contribution in [0.15, 0.2) is 60.5 Å². The Morgan fingerprint density at radius 3 is 1.21 bits per heavy atom. The molecule has 0 atom stereocenters. The Balaban J connectivity index is 1.49. The quantitative estimate of drug-likeness (QED) is 0.187. The molecule has 5 nitrogen and oxygen atoms in total. The minimum absolute atomic E-state index is 0.265. The van der Waals surface area contributed by atoms with Gasteiger partial charge in [-0.1, -0.05) is 93.4 Å². The lowest BCUT2D eigenvalue weighted by Gasteiger charge is -2.43. The van der Waals surface area contributed by atoms with Crippen LogP contribution in [-0.4, -0.2) is 50.6 Å². The summed E-state index contributed by atoms with van der Waals surface area (Å²) in [6, 6.07) is 21.3. The molecule has 2 heterocycles. The third-order valence-electron chi connectivity index (χ3n) is 11.8. The van der Waals surface area contributed by atoms with Crippen LogP contribution in [0.4, 0.5) is 0 Å². The predicted molar refractivity (Wildman–Crippen MR) is 206 cm³/mol. The second-order valence-corrected chi connectivity index (χ2v) is 21.2. The first-order chi connectivity index (χ1) is 22.3. The molecule has 0 aliphatic carbocycles. The van der Waals surface area contributed by atoms with Crippen LogP contribution in [0.25, 0.3) is 12.2 Å². The van der Waals surface area contributed by atoms with Crippen molar-refractivity contribution >= 4 is 34.7 Å². The molecule has 2 saturated heterocycles. The highest BCUT2D eigenvalue weighted by Gasteiger charge is 2.51. The van der Waals surface area contributed by atoms with Crippen molar-refractivity contribution in [3.8, 4) is 0 Å². The van der Waals surface area contributed by atoms with Crippen LogP contribution in [0.5, 0.6) is 0 Å². The fourth-order valence-electron chi connectivity index (χ4n) is 6.58. The molecule has 0 spiro atoms. The first-order valence-corrected chi connectivity index (χ1v) is 20.7. The van der Waals surface area contributed by atoms with Gasteiger partial charge in [-0.25, -0.2) is 0 Å². The lowest BCUT2D eigenvalue weighted by molar-refractivity contribution is 0.00578. The van der Waals surface area contributed by atoms with Gasteiger partial charge in [0.25, 0.3) is 0 Å². The highest BCUT2D eigenvalue weighted by molar-refractivity contribution is 6.73. The zero-order chi connectivity index (χ0) is 35.6. The Hall–Kier alpha value is -1.93. The molecule has 262 valence electrons. The topological polar surface area (TPSA) is 46.2 Å². The van der Waals surface area contributed by atoms with Gasteiger partial charge in [-0.05, 0) is 128 Å². The first-order valence-electron chi connectivity index (χ1n) is 18.2. The SMILES string of the molecule is CC[Si](CC)(CC)OC(C)(C)C(Cc1ccc(/C=C/B2OC(C)(C)C(C)(C)O2)cc1)Cc1ccc(/C=C/B2OC(C)(C)C(C)(C)O2)cc1. The molecule has 48 heavy (non-hydrogen) atoms. The molecule has 2 fully saturated rings. The smallest absolute Gasteiger partial charge is 0.412 e. The molecule has 0 amide bonds. The number of benzene rings is 2. The summed E-state index contributed by atoms with van der Waals surface area (Å²) in [4.78, 5) is 0. The van der Waals surface area contributed by atoms with Crippen molar-refractivity contribution < 1.29 is 23.0 Å². The molecular weight excluding hydrogens is 610 g/mol. The molecule has 4 rings (SSSR count). The van der Waals surface area contributed by atoms with Crippen LogP contribution >= 0.6 is 0 Å². The summed E-state index contributed by atoms with van der Waals surface area (Å²) >= 11 is 0. The molecule has 0 radical (unpaired) electrons. The molecule has 0 bridgehead atoms. The summed E-state index contributed by atoms with van der Waals surface area (Å²) < 4.78 is 31.8. The predicted octanol–water partition coefficient (Wildman–Crippen LogP) is 10.2. The highest BCUT2D eigenvalue weighted by atomic mass is 28.4. The van der Waals surface area contributed by atoms with Gasteiger partial charge in [-0.2, -0.15) is 0 Å². The average Bonchev–Trinajstić information content (AvgIpc) is 3.36. The minimum Gasteiger partial charge on any atom is -0.412 e. The molecule has 2 aliphatic rings. The van der Waals surface area contributed by atoms with Crippen molar-refractivity contribution in [2.45, 2.75) is 149 Å². The van der Waals surface area contributed by atoms with Crippen LogP contribution in [0.1, 0.15) is 112 Å². The minimum atomic E-state index is -1.82. The molecule has 2 aromatic rings.